The Hall–Kier alpha value is -3.17. The number of rotatable bonds is 6. The first-order chi connectivity index (χ1) is 15.5. The van der Waals surface area contributed by atoms with Crippen LogP contribution in [-0.2, 0) is 20.9 Å². The Balaban J connectivity index is 1.40. The number of carbonyl (C=O) groups is 3. The molecule has 2 saturated heterocycles. The van der Waals surface area contributed by atoms with Crippen LogP contribution in [0.1, 0.15) is 11.1 Å². The molecule has 2 aliphatic rings. The lowest BCUT2D eigenvalue weighted by Gasteiger charge is -2.28. The minimum atomic E-state index is -0.487. The molecule has 0 saturated carbocycles. The quantitative estimate of drug-likeness (QED) is 0.621. The third kappa shape index (κ3) is 5.35. The number of amides is 3. The lowest BCUT2D eigenvalue weighted by atomic mass is 10.2. The summed E-state index contributed by atoms with van der Waals surface area (Å²) < 4.78 is 24.0. The van der Waals surface area contributed by atoms with Crippen LogP contribution in [0.5, 0.6) is 5.75 Å². The fourth-order valence-corrected chi connectivity index (χ4v) is 4.12. The Kier molecular flexibility index (Phi) is 6.87. The molecule has 0 bridgehead atoms. The van der Waals surface area contributed by atoms with Crippen LogP contribution >= 0.6 is 11.8 Å². The van der Waals surface area contributed by atoms with Crippen molar-refractivity contribution in [1.82, 2.24) is 9.80 Å². The molecule has 166 valence electrons. The van der Waals surface area contributed by atoms with E-state index in [2.05, 4.69) is 0 Å². The van der Waals surface area contributed by atoms with Gasteiger partial charge in [0.2, 0.25) is 5.91 Å². The van der Waals surface area contributed by atoms with Gasteiger partial charge in [-0.05, 0) is 53.2 Å². The van der Waals surface area contributed by atoms with E-state index in [-0.39, 0.29) is 29.8 Å². The first-order valence-corrected chi connectivity index (χ1v) is 10.9. The van der Waals surface area contributed by atoms with Crippen molar-refractivity contribution in [2.45, 2.75) is 6.61 Å². The van der Waals surface area contributed by atoms with Crippen molar-refractivity contribution >= 4 is 34.9 Å². The van der Waals surface area contributed by atoms with E-state index < -0.39 is 11.1 Å². The van der Waals surface area contributed by atoms with E-state index in [4.69, 9.17) is 9.47 Å². The van der Waals surface area contributed by atoms with Gasteiger partial charge in [0.1, 0.15) is 24.7 Å². The summed E-state index contributed by atoms with van der Waals surface area (Å²) in [5.74, 6) is -0.492. The van der Waals surface area contributed by atoms with Gasteiger partial charge in [-0.2, -0.15) is 0 Å². The molecule has 3 amide bonds. The molecule has 0 spiro atoms. The molecule has 2 heterocycles. The van der Waals surface area contributed by atoms with E-state index in [1.807, 2.05) is 0 Å². The van der Waals surface area contributed by atoms with Gasteiger partial charge in [0, 0.05) is 13.1 Å². The largest absolute Gasteiger partial charge is 0.489 e. The van der Waals surface area contributed by atoms with Crippen molar-refractivity contribution in [2.24, 2.45) is 0 Å². The van der Waals surface area contributed by atoms with Crippen LogP contribution in [0, 0.1) is 5.82 Å². The predicted molar refractivity (Wildman–Crippen MR) is 117 cm³/mol. The fourth-order valence-electron chi connectivity index (χ4n) is 3.28. The second-order valence-electron chi connectivity index (χ2n) is 7.25. The summed E-state index contributed by atoms with van der Waals surface area (Å²) in [6.07, 6.45) is 1.61. The SMILES string of the molecule is O=C(CN1C(=O)S/C(=C\c2cccc(OCc3ccc(F)cc3)c2)C1=O)N1CCOCC1. The van der Waals surface area contributed by atoms with Gasteiger partial charge in [-0.25, -0.2) is 4.39 Å². The molecule has 0 N–H and O–H groups in total. The number of imide groups is 1. The Morgan fingerprint density at radius 2 is 1.88 bits per heavy atom. The normalized spacial score (nSPS) is 17.8. The van der Waals surface area contributed by atoms with Crippen molar-refractivity contribution in [3.8, 4) is 5.75 Å². The van der Waals surface area contributed by atoms with Crippen molar-refractivity contribution in [3.05, 3.63) is 70.4 Å². The first kappa shape index (κ1) is 22.0. The second-order valence-corrected chi connectivity index (χ2v) is 8.24. The summed E-state index contributed by atoms with van der Waals surface area (Å²) in [7, 11) is 0. The van der Waals surface area contributed by atoms with E-state index in [9.17, 15) is 18.8 Å². The van der Waals surface area contributed by atoms with E-state index in [1.54, 1.807) is 47.4 Å². The predicted octanol–water partition coefficient (Wildman–Crippen LogP) is 3.30. The van der Waals surface area contributed by atoms with Gasteiger partial charge in [0.15, 0.2) is 0 Å². The number of benzene rings is 2. The van der Waals surface area contributed by atoms with Crippen molar-refractivity contribution in [2.75, 3.05) is 32.8 Å². The highest BCUT2D eigenvalue weighted by Gasteiger charge is 2.37. The molecule has 0 aliphatic carbocycles. The summed E-state index contributed by atoms with van der Waals surface area (Å²) in [6.45, 7) is 1.80. The van der Waals surface area contributed by atoms with E-state index >= 15 is 0 Å². The fraction of sp³-hybridized carbons (Fsp3) is 0.261. The molecule has 32 heavy (non-hydrogen) atoms. The molecule has 0 radical (unpaired) electrons. The number of thioether (sulfide) groups is 1. The smallest absolute Gasteiger partial charge is 0.294 e. The zero-order valence-electron chi connectivity index (χ0n) is 17.2. The van der Waals surface area contributed by atoms with Gasteiger partial charge in [-0.1, -0.05) is 24.3 Å². The molecule has 7 nitrogen and oxygen atoms in total. The molecular weight excluding hydrogens is 435 g/mol. The standard InChI is InChI=1S/C23H21FN2O5S/c24-18-6-4-16(5-7-18)15-31-19-3-1-2-17(12-19)13-20-22(28)26(23(29)32-20)14-21(27)25-8-10-30-11-9-25/h1-7,12-13H,8-11,14-15H2/b20-13-. The summed E-state index contributed by atoms with van der Waals surface area (Å²) in [4.78, 5) is 40.3. The number of nitrogens with zero attached hydrogens (tertiary/aromatic N) is 2. The minimum Gasteiger partial charge on any atom is -0.489 e. The van der Waals surface area contributed by atoms with Crippen molar-refractivity contribution < 1.29 is 28.2 Å². The average molecular weight is 456 g/mol. The zero-order valence-corrected chi connectivity index (χ0v) is 18.0. The summed E-state index contributed by atoms with van der Waals surface area (Å²) in [6, 6.07) is 13.1. The van der Waals surface area contributed by atoms with Gasteiger partial charge in [0.05, 0.1) is 18.1 Å². The molecule has 2 fully saturated rings. The Morgan fingerprint density at radius 1 is 1.12 bits per heavy atom. The van der Waals surface area contributed by atoms with E-state index in [1.165, 1.54) is 12.1 Å². The third-order valence-electron chi connectivity index (χ3n) is 5.01. The van der Waals surface area contributed by atoms with Crippen LogP contribution in [0.2, 0.25) is 0 Å². The van der Waals surface area contributed by atoms with Crippen LogP contribution in [-0.4, -0.2) is 59.7 Å². The summed E-state index contributed by atoms with van der Waals surface area (Å²) >= 11 is 0.809. The lowest BCUT2D eigenvalue weighted by molar-refractivity contribution is -0.139. The average Bonchev–Trinajstić information content (AvgIpc) is 3.07. The number of halogens is 1. The van der Waals surface area contributed by atoms with Gasteiger partial charge in [0.25, 0.3) is 11.1 Å². The third-order valence-corrected chi connectivity index (χ3v) is 5.91. The number of carbonyl (C=O) groups excluding carboxylic acids is 3. The molecular formula is C23H21FN2O5S. The highest BCUT2D eigenvalue weighted by molar-refractivity contribution is 8.18. The number of hydrogen-bond donors (Lipinski definition) is 0. The summed E-state index contributed by atoms with van der Waals surface area (Å²) in [5, 5.41) is -0.466. The number of morpholine rings is 1. The Labute approximate surface area is 188 Å². The highest BCUT2D eigenvalue weighted by atomic mass is 32.2. The molecule has 4 rings (SSSR count). The van der Waals surface area contributed by atoms with Crippen LogP contribution < -0.4 is 4.74 Å². The maximum Gasteiger partial charge on any atom is 0.294 e. The lowest BCUT2D eigenvalue weighted by Crippen LogP contribution is -2.46. The van der Waals surface area contributed by atoms with Crippen molar-refractivity contribution in [3.63, 3.8) is 0 Å². The molecule has 9 heteroatoms. The van der Waals surface area contributed by atoms with Gasteiger partial charge >= 0.3 is 0 Å². The molecule has 0 atom stereocenters. The molecule has 0 unspecified atom stereocenters. The molecule has 0 aromatic heterocycles. The van der Waals surface area contributed by atoms with E-state index in [0.29, 0.717) is 37.6 Å². The van der Waals surface area contributed by atoms with Crippen LogP contribution in [0.25, 0.3) is 6.08 Å². The van der Waals surface area contributed by atoms with Gasteiger partial charge in [-0.3, -0.25) is 19.3 Å². The van der Waals surface area contributed by atoms with Crippen LogP contribution in [0.4, 0.5) is 9.18 Å². The number of ether oxygens (including phenoxy) is 2. The Bertz CT molecular complexity index is 1050. The first-order valence-electron chi connectivity index (χ1n) is 10.1. The maximum absolute atomic E-state index is 13.0. The van der Waals surface area contributed by atoms with Crippen LogP contribution in [0.3, 0.4) is 0 Å². The zero-order chi connectivity index (χ0) is 22.5. The molecule has 2 aromatic rings. The monoisotopic (exact) mass is 456 g/mol. The summed E-state index contributed by atoms with van der Waals surface area (Å²) in [5.41, 5.74) is 1.51. The van der Waals surface area contributed by atoms with Gasteiger partial charge in [-0.15, -0.1) is 0 Å². The highest BCUT2D eigenvalue weighted by Crippen LogP contribution is 2.32. The Morgan fingerprint density at radius 3 is 2.62 bits per heavy atom. The topological polar surface area (TPSA) is 76.2 Å². The number of hydrogen-bond acceptors (Lipinski definition) is 6. The van der Waals surface area contributed by atoms with E-state index in [0.717, 1.165) is 22.2 Å². The van der Waals surface area contributed by atoms with Crippen molar-refractivity contribution in [1.29, 1.82) is 0 Å². The van der Waals surface area contributed by atoms with Crippen LogP contribution in [0.15, 0.2) is 53.4 Å². The minimum absolute atomic E-state index is 0.250. The van der Waals surface area contributed by atoms with Gasteiger partial charge < -0.3 is 14.4 Å². The molecule has 2 aliphatic heterocycles. The second kappa shape index (κ2) is 9.97. The molecule has 2 aromatic carbocycles. The maximum atomic E-state index is 13.0.